The van der Waals surface area contributed by atoms with Gasteiger partial charge in [0, 0.05) is 17.3 Å². The lowest BCUT2D eigenvalue weighted by Crippen LogP contribution is -2.31. The zero-order chi connectivity index (χ0) is 15.2. The quantitative estimate of drug-likeness (QED) is 0.831. The van der Waals surface area contributed by atoms with Crippen LogP contribution in [0.1, 0.15) is 18.5 Å². The van der Waals surface area contributed by atoms with Gasteiger partial charge >= 0.3 is 0 Å². The Kier molecular flexibility index (Phi) is 4.77. The van der Waals surface area contributed by atoms with Crippen molar-refractivity contribution in [2.75, 3.05) is 12.3 Å². The number of carbonyl (C=O) groups excluding carboxylic acids is 1. The largest absolute Gasteiger partial charge is 0.484 e. The van der Waals surface area contributed by atoms with Crippen LogP contribution in [0.15, 0.2) is 48.5 Å². The van der Waals surface area contributed by atoms with Gasteiger partial charge in [-0.3, -0.25) is 4.79 Å². The molecule has 0 aliphatic carbocycles. The summed E-state index contributed by atoms with van der Waals surface area (Å²) < 4.78 is 18.9. The van der Waals surface area contributed by atoms with Gasteiger partial charge in [0.1, 0.15) is 11.6 Å². The Balaban J connectivity index is 1.89. The lowest BCUT2D eigenvalue weighted by molar-refractivity contribution is -0.123. The van der Waals surface area contributed by atoms with Gasteiger partial charge in [-0.15, -0.1) is 0 Å². The predicted octanol–water partition coefficient (Wildman–Crippen LogP) is 2.66. The molecule has 2 aromatic rings. The first-order valence-electron chi connectivity index (χ1n) is 6.58. The molecular weight excluding hydrogens is 271 g/mol. The van der Waals surface area contributed by atoms with Crippen molar-refractivity contribution in [1.82, 2.24) is 5.32 Å². The Bertz CT molecular complexity index is 631. The molecule has 2 aromatic carbocycles. The second-order valence-corrected chi connectivity index (χ2v) is 4.67. The number of nitrogens with two attached hydrogens (primary N) is 1. The van der Waals surface area contributed by atoms with Crippen LogP contribution in [0, 0.1) is 5.82 Å². The highest BCUT2D eigenvalue weighted by Crippen LogP contribution is 2.16. The zero-order valence-corrected chi connectivity index (χ0v) is 11.7. The van der Waals surface area contributed by atoms with E-state index in [1.54, 1.807) is 49.4 Å². The second kappa shape index (κ2) is 6.74. The molecule has 0 saturated carbocycles. The summed E-state index contributed by atoms with van der Waals surface area (Å²) >= 11 is 0. The molecule has 5 heteroatoms. The van der Waals surface area contributed by atoms with Gasteiger partial charge in [-0.1, -0.05) is 24.3 Å². The Morgan fingerprint density at radius 3 is 2.76 bits per heavy atom. The van der Waals surface area contributed by atoms with E-state index in [1.165, 1.54) is 6.07 Å². The molecule has 0 spiro atoms. The molecule has 0 bridgehead atoms. The van der Waals surface area contributed by atoms with E-state index in [9.17, 15) is 9.18 Å². The molecule has 0 aliphatic rings. The third kappa shape index (κ3) is 4.21. The maximum atomic E-state index is 13.6. The number of nitrogens with one attached hydrogen (secondary N) is 1. The van der Waals surface area contributed by atoms with Crippen LogP contribution >= 0.6 is 0 Å². The topological polar surface area (TPSA) is 64.3 Å². The number of carbonyl (C=O) groups is 1. The summed E-state index contributed by atoms with van der Waals surface area (Å²) in [5.41, 5.74) is 6.62. The smallest absolute Gasteiger partial charge is 0.258 e. The molecule has 21 heavy (non-hydrogen) atoms. The van der Waals surface area contributed by atoms with Crippen LogP contribution in [0.4, 0.5) is 10.1 Å². The van der Waals surface area contributed by atoms with Crippen molar-refractivity contribution in [2.45, 2.75) is 13.0 Å². The molecule has 0 aromatic heterocycles. The molecule has 1 unspecified atom stereocenters. The highest BCUT2D eigenvalue weighted by Gasteiger charge is 2.13. The van der Waals surface area contributed by atoms with Crippen LogP contribution in [0.25, 0.3) is 0 Å². The van der Waals surface area contributed by atoms with Gasteiger partial charge in [0.15, 0.2) is 6.61 Å². The minimum atomic E-state index is -0.428. The van der Waals surface area contributed by atoms with Gasteiger partial charge in [0.25, 0.3) is 5.91 Å². The number of hydrogen-bond donors (Lipinski definition) is 2. The van der Waals surface area contributed by atoms with Crippen molar-refractivity contribution >= 4 is 11.6 Å². The summed E-state index contributed by atoms with van der Waals surface area (Å²) in [7, 11) is 0. The van der Waals surface area contributed by atoms with E-state index in [2.05, 4.69) is 5.32 Å². The van der Waals surface area contributed by atoms with Crippen LogP contribution in [0.3, 0.4) is 0 Å². The molecule has 2 rings (SSSR count). The summed E-state index contributed by atoms with van der Waals surface area (Å²) in [5.74, 6) is -0.154. The fourth-order valence-electron chi connectivity index (χ4n) is 1.94. The summed E-state index contributed by atoms with van der Waals surface area (Å²) in [6.45, 7) is 1.57. The Morgan fingerprint density at radius 1 is 1.29 bits per heavy atom. The van der Waals surface area contributed by atoms with Crippen molar-refractivity contribution in [3.63, 3.8) is 0 Å². The molecule has 4 nitrogen and oxygen atoms in total. The van der Waals surface area contributed by atoms with Crippen LogP contribution < -0.4 is 15.8 Å². The van der Waals surface area contributed by atoms with E-state index >= 15 is 0 Å². The normalized spacial score (nSPS) is 11.7. The molecule has 3 N–H and O–H groups in total. The van der Waals surface area contributed by atoms with Gasteiger partial charge in [-0.2, -0.15) is 0 Å². The average molecular weight is 288 g/mol. The number of amides is 1. The number of benzene rings is 2. The SMILES string of the molecule is CC(NC(=O)COc1cccc(N)c1)c1ccccc1F. The van der Waals surface area contributed by atoms with Crippen molar-refractivity contribution < 1.29 is 13.9 Å². The molecule has 0 aliphatic heterocycles. The molecule has 1 atom stereocenters. The fraction of sp³-hybridized carbons (Fsp3) is 0.188. The molecule has 0 fully saturated rings. The lowest BCUT2D eigenvalue weighted by atomic mass is 10.1. The van der Waals surface area contributed by atoms with E-state index < -0.39 is 6.04 Å². The minimum Gasteiger partial charge on any atom is -0.484 e. The van der Waals surface area contributed by atoms with Crippen molar-refractivity contribution in [1.29, 1.82) is 0 Å². The number of ether oxygens (including phenoxy) is 1. The highest BCUT2D eigenvalue weighted by atomic mass is 19.1. The van der Waals surface area contributed by atoms with E-state index in [0.29, 0.717) is 17.0 Å². The first-order chi connectivity index (χ1) is 10.1. The minimum absolute atomic E-state index is 0.151. The third-order valence-electron chi connectivity index (χ3n) is 2.98. The average Bonchev–Trinajstić information content (AvgIpc) is 2.45. The number of nitrogen functional groups attached to an aromatic ring is 1. The van der Waals surface area contributed by atoms with Crippen LogP contribution in [0.2, 0.25) is 0 Å². The molecule has 110 valence electrons. The summed E-state index contributed by atoms with van der Waals surface area (Å²) in [4.78, 5) is 11.8. The van der Waals surface area contributed by atoms with Crippen LogP contribution in [-0.4, -0.2) is 12.5 Å². The molecule has 1 amide bonds. The summed E-state index contributed by atoms with van der Waals surface area (Å²) in [5, 5.41) is 2.69. The van der Waals surface area contributed by atoms with Gasteiger partial charge in [0.2, 0.25) is 0 Å². The molecule has 0 heterocycles. The molecular formula is C16H17FN2O2. The van der Waals surface area contributed by atoms with Crippen molar-refractivity contribution in [2.24, 2.45) is 0 Å². The van der Waals surface area contributed by atoms with Gasteiger partial charge in [-0.25, -0.2) is 4.39 Å². The number of halogens is 1. The van der Waals surface area contributed by atoms with Gasteiger partial charge < -0.3 is 15.8 Å². The first kappa shape index (κ1) is 14.8. The van der Waals surface area contributed by atoms with Crippen molar-refractivity contribution in [3.05, 3.63) is 59.9 Å². The Morgan fingerprint density at radius 2 is 2.05 bits per heavy atom. The van der Waals surface area contributed by atoms with Crippen molar-refractivity contribution in [3.8, 4) is 5.75 Å². The van der Waals surface area contributed by atoms with Crippen LogP contribution in [0.5, 0.6) is 5.75 Å². The monoisotopic (exact) mass is 288 g/mol. The Labute approximate surface area is 122 Å². The maximum absolute atomic E-state index is 13.6. The lowest BCUT2D eigenvalue weighted by Gasteiger charge is -2.15. The fourth-order valence-corrected chi connectivity index (χ4v) is 1.94. The number of anilines is 1. The summed E-state index contributed by atoms with van der Waals surface area (Å²) in [6, 6.07) is 12.7. The number of hydrogen-bond acceptors (Lipinski definition) is 3. The van der Waals surface area contributed by atoms with E-state index in [-0.39, 0.29) is 18.3 Å². The van der Waals surface area contributed by atoms with E-state index in [1.807, 2.05) is 0 Å². The molecule has 0 saturated heterocycles. The van der Waals surface area contributed by atoms with E-state index in [0.717, 1.165) is 0 Å². The third-order valence-corrected chi connectivity index (χ3v) is 2.98. The van der Waals surface area contributed by atoms with E-state index in [4.69, 9.17) is 10.5 Å². The number of rotatable bonds is 5. The summed E-state index contributed by atoms with van der Waals surface area (Å²) in [6.07, 6.45) is 0. The second-order valence-electron chi connectivity index (χ2n) is 4.67. The first-order valence-corrected chi connectivity index (χ1v) is 6.58. The molecule has 0 radical (unpaired) electrons. The predicted molar refractivity (Wildman–Crippen MR) is 79.3 cm³/mol. The van der Waals surface area contributed by atoms with Crippen LogP contribution in [-0.2, 0) is 4.79 Å². The van der Waals surface area contributed by atoms with Gasteiger partial charge in [-0.05, 0) is 25.1 Å². The zero-order valence-electron chi connectivity index (χ0n) is 11.7. The Hall–Kier alpha value is -2.56. The van der Waals surface area contributed by atoms with Gasteiger partial charge in [0.05, 0.1) is 6.04 Å². The maximum Gasteiger partial charge on any atom is 0.258 e. The highest BCUT2D eigenvalue weighted by molar-refractivity contribution is 5.78. The standard InChI is InChI=1S/C16H17FN2O2/c1-11(14-7-2-3-8-15(14)17)19-16(20)10-21-13-6-4-5-12(18)9-13/h2-9,11H,10,18H2,1H3,(H,19,20).